The van der Waals surface area contributed by atoms with Crippen LogP contribution in [0.5, 0.6) is 0 Å². The molecule has 0 aliphatic carbocycles. The van der Waals surface area contributed by atoms with Crippen LogP contribution in [0.4, 0.5) is 4.79 Å². The molecule has 1 aromatic carbocycles. The minimum atomic E-state index is -0.616. The smallest absolute Gasteiger partial charge is 0.444 e. The lowest BCUT2D eigenvalue weighted by Gasteiger charge is -2.32. The van der Waals surface area contributed by atoms with Crippen molar-refractivity contribution in [3.05, 3.63) is 41.1 Å². The summed E-state index contributed by atoms with van der Waals surface area (Å²) in [6, 6.07) is 6.05. The molecule has 2 aliphatic rings. The fourth-order valence-electron chi connectivity index (χ4n) is 4.68. The van der Waals surface area contributed by atoms with Crippen molar-refractivity contribution >= 4 is 24.5 Å². The third kappa shape index (κ3) is 6.38. The van der Waals surface area contributed by atoms with Gasteiger partial charge in [-0.25, -0.2) is 4.79 Å². The number of ketones is 1. The Morgan fingerprint density at radius 1 is 1.05 bits per heavy atom. The fraction of sp³-hybridized carbons (Fsp3) is 0.655. The number of nitrogens with zero attached hydrogens (tertiary/aromatic N) is 3. The van der Waals surface area contributed by atoms with E-state index < -0.39 is 23.9 Å². The van der Waals surface area contributed by atoms with Gasteiger partial charge in [0, 0.05) is 24.9 Å². The van der Waals surface area contributed by atoms with Gasteiger partial charge in [0.15, 0.2) is 0 Å². The number of Topliss-reactive ketones (excluding diaryl/α,β-unsaturated/α-hetero) is 1. The average Bonchev–Trinajstić information content (AvgIpc) is 3.31. The predicted molar refractivity (Wildman–Crippen MR) is 148 cm³/mol. The molecule has 1 atom stereocenters. The molecule has 2 aliphatic heterocycles. The Balaban J connectivity index is 1.64. The normalized spacial score (nSPS) is 20.9. The number of carbonyl (C=O) groups excluding carboxylic acids is 2. The number of hydrogen-bond donors (Lipinski definition) is 0. The topological polar surface area (TPSA) is 104 Å². The van der Waals surface area contributed by atoms with E-state index in [0.717, 1.165) is 16.6 Å². The Hall–Kier alpha value is -2.72. The molecule has 1 fully saturated rings. The molecule has 0 unspecified atom stereocenters. The third-order valence-corrected chi connectivity index (χ3v) is 7.63. The van der Waals surface area contributed by atoms with Crippen LogP contribution in [-0.4, -0.2) is 57.4 Å². The Labute approximate surface area is 232 Å². The Morgan fingerprint density at radius 3 is 2.26 bits per heavy atom. The molecule has 212 valence electrons. The van der Waals surface area contributed by atoms with Crippen LogP contribution in [0, 0.1) is 0 Å². The number of rotatable bonds is 4. The highest BCUT2D eigenvalue weighted by atomic mass is 16.7. The van der Waals surface area contributed by atoms with E-state index in [2.05, 4.69) is 10.2 Å². The second-order valence-corrected chi connectivity index (χ2v) is 13.7. The summed E-state index contributed by atoms with van der Waals surface area (Å²) >= 11 is 0. The third-order valence-electron chi connectivity index (χ3n) is 7.63. The second kappa shape index (κ2) is 10.0. The van der Waals surface area contributed by atoms with Crippen LogP contribution >= 0.6 is 0 Å². The first kappa shape index (κ1) is 29.3. The van der Waals surface area contributed by atoms with Crippen LogP contribution in [0.2, 0.25) is 0 Å². The number of carbonyl (C=O) groups is 2. The van der Waals surface area contributed by atoms with E-state index >= 15 is 0 Å². The van der Waals surface area contributed by atoms with Crippen molar-refractivity contribution in [3.8, 4) is 0 Å². The molecule has 10 heteroatoms. The van der Waals surface area contributed by atoms with Gasteiger partial charge >= 0.3 is 13.2 Å². The van der Waals surface area contributed by atoms with Crippen LogP contribution in [0.25, 0.3) is 0 Å². The lowest BCUT2D eigenvalue weighted by molar-refractivity contribution is 0.00578. The zero-order chi connectivity index (χ0) is 29.0. The van der Waals surface area contributed by atoms with Gasteiger partial charge < -0.3 is 23.4 Å². The van der Waals surface area contributed by atoms with Crippen LogP contribution in [0.3, 0.4) is 0 Å². The summed E-state index contributed by atoms with van der Waals surface area (Å²) in [4.78, 5) is 28.0. The molecular formula is C29H42BN3O6. The number of aromatic nitrogens is 2. The van der Waals surface area contributed by atoms with Gasteiger partial charge in [0.2, 0.25) is 11.7 Å². The highest BCUT2D eigenvalue weighted by Gasteiger charge is 2.51. The number of amides is 1. The highest BCUT2D eigenvalue weighted by molar-refractivity contribution is 6.62. The largest absolute Gasteiger partial charge is 0.494 e. The monoisotopic (exact) mass is 539 g/mol. The number of hydrogen-bond acceptors (Lipinski definition) is 8. The van der Waals surface area contributed by atoms with Crippen molar-refractivity contribution in [1.29, 1.82) is 0 Å². The molecule has 1 aromatic heterocycles. The molecule has 0 saturated carbocycles. The molecule has 0 radical (unpaired) electrons. The Kier molecular flexibility index (Phi) is 7.53. The first-order chi connectivity index (χ1) is 17.9. The first-order valence-electron chi connectivity index (χ1n) is 13.7. The van der Waals surface area contributed by atoms with E-state index in [1.807, 2.05) is 87.4 Å². The number of fused-ring (bicyclic) bond motifs is 1. The van der Waals surface area contributed by atoms with Gasteiger partial charge in [-0.2, -0.15) is 0 Å². The zero-order valence-electron chi connectivity index (χ0n) is 25.0. The summed E-state index contributed by atoms with van der Waals surface area (Å²) in [5.41, 5.74) is 0.896. The summed E-state index contributed by atoms with van der Waals surface area (Å²) in [6.45, 7) is 20.3. The summed E-state index contributed by atoms with van der Waals surface area (Å²) in [7, 11) is -0.534. The summed E-state index contributed by atoms with van der Waals surface area (Å²) in [5, 5.41) is 8.10. The van der Waals surface area contributed by atoms with Gasteiger partial charge in [0.1, 0.15) is 5.60 Å². The maximum atomic E-state index is 13.3. The van der Waals surface area contributed by atoms with Crippen LogP contribution in [-0.2, 0) is 26.0 Å². The molecule has 1 saturated heterocycles. The summed E-state index contributed by atoms with van der Waals surface area (Å²) < 4.78 is 24.0. The van der Waals surface area contributed by atoms with Gasteiger partial charge in [-0.15, -0.1) is 10.2 Å². The van der Waals surface area contributed by atoms with E-state index in [4.69, 9.17) is 18.5 Å². The second-order valence-electron chi connectivity index (χ2n) is 13.7. The summed E-state index contributed by atoms with van der Waals surface area (Å²) in [6.07, 6.45) is 0.401. The highest BCUT2D eigenvalue weighted by Crippen LogP contribution is 2.38. The minimum Gasteiger partial charge on any atom is -0.444 e. The lowest BCUT2D eigenvalue weighted by Crippen LogP contribution is -2.41. The van der Waals surface area contributed by atoms with Crippen molar-refractivity contribution in [2.75, 3.05) is 6.54 Å². The minimum absolute atomic E-state index is 0.0172. The molecule has 3 heterocycles. The molecular weight excluding hydrogens is 497 g/mol. The van der Waals surface area contributed by atoms with Crippen molar-refractivity contribution in [3.63, 3.8) is 0 Å². The van der Waals surface area contributed by atoms with Crippen LogP contribution in [0.1, 0.15) is 116 Å². The predicted octanol–water partition coefficient (Wildman–Crippen LogP) is 5.16. The maximum Gasteiger partial charge on any atom is 0.494 e. The maximum absolute atomic E-state index is 13.3. The van der Waals surface area contributed by atoms with Gasteiger partial charge in [-0.05, 0) is 77.4 Å². The molecule has 0 spiro atoms. The van der Waals surface area contributed by atoms with Crippen molar-refractivity contribution in [2.24, 2.45) is 0 Å². The van der Waals surface area contributed by atoms with Crippen molar-refractivity contribution < 1.29 is 28.1 Å². The zero-order valence-corrected chi connectivity index (χ0v) is 25.0. The molecule has 0 bridgehead atoms. The first-order valence-corrected chi connectivity index (χ1v) is 13.7. The SMILES string of the molecule is CC(C)(C)OC(=O)N1CC[C@@H](CC(=O)c2nnc(C(C)(C)C)o2)c2ccc(B3OC(C)(C)C(C)(C)O3)cc2C1. The Morgan fingerprint density at radius 2 is 1.69 bits per heavy atom. The molecule has 0 N–H and O–H groups in total. The molecule has 1 amide bonds. The fourth-order valence-corrected chi connectivity index (χ4v) is 4.68. The number of ether oxygens (including phenoxy) is 1. The van der Waals surface area contributed by atoms with E-state index in [0.29, 0.717) is 25.4 Å². The van der Waals surface area contributed by atoms with E-state index in [1.165, 1.54) is 0 Å². The van der Waals surface area contributed by atoms with E-state index in [1.54, 1.807) is 4.90 Å². The van der Waals surface area contributed by atoms with Gasteiger partial charge in [-0.1, -0.05) is 39.0 Å². The standard InChI is InChI=1S/C29H42BN3O6/c1-26(2,3)24-32-31-23(36-24)22(34)16-18-13-14-33(25(35)37-27(4,5)6)17-19-15-20(11-12-21(18)19)30-38-28(7,8)29(9,10)39-30/h11-12,15,18H,13-14,16-17H2,1-10H3/t18-/m0/s1. The van der Waals surface area contributed by atoms with Gasteiger partial charge in [0.05, 0.1) is 11.2 Å². The van der Waals surface area contributed by atoms with Crippen LogP contribution < -0.4 is 5.46 Å². The summed E-state index contributed by atoms with van der Waals surface area (Å²) in [5.74, 6) is 0.0887. The van der Waals surface area contributed by atoms with Crippen LogP contribution in [0.15, 0.2) is 22.6 Å². The van der Waals surface area contributed by atoms with E-state index in [-0.39, 0.29) is 35.5 Å². The quantitative estimate of drug-likeness (QED) is 0.388. The molecule has 2 aromatic rings. The van der Waals surface area contributed by atoms with E-state index in [9.17, 15) is 9.59 Å². The molecule has 4 rings (SSSR count). The van der Waals surface area contributed by atoms with Crippen molar-refractivity contribution in [1.82, 2.24) is 15.1 Å². The van der Waals surface area contributed by atoms with Gasteiger partial charge in [-0.3, -0.25) is 4.79 Å². The van der Waals surface area contributed by atoms with Gasteiger partial charge in [0.25, 0.3) is 5.89 Å². The average molecular weight is 539 g/mol. The lowest BCUT2D eigenvalue weighted by atomic mass is 9.76. The van der Waals surface area contributed by atoms with Crippen molar-refractivity contribution in [2.45, 2.75) is 117 Å². The number of benzene rings is 1. The molecule has 39 heavy (non-hydrogen) atoms. The Bertz CT molecular complexity index is 1220. The molecule has 9 nitrogen and oxygen atoms in total.